The molecule has 5 fully saturated rings. The number of carboxylic acids is 1. The van der Waals surface area contributed by atoms with Gasteiger partial charge in [-0.05, 0) is 103 Å². The van der Waals surface area contributed by atoms with Crippen LogP contribution in [0.4, 0.5) is 0 Å². The normalized spacial score (nSPS) is 51.4. The second kappa shape index (κ2) is 6.75. The van der Waals surface area contributed by atoms with E-state index in [1.165, 1.54) is 51.4 Å². The predicted molar refractivity (Wildman–Crippen MR) is 124 cm³/mol. The molecule has 9 atom stereocenters. The lowest BCUT2D eigenvalue weighted by Gasteiger charge is -2.63. The third-order valence-electron chi connectivity index (χ3n) is 12.6. The Morgan fingerprint density at radius 2 is 1.56 bits per heavy atom. The van der Waals surface area contributed by atoms with Crippen LogP contribution in [0.5, 0.6) is 0 Å². The molecule has 4 heteroatoms. The summed E-state index contributed by atoms with van der Waals surface area (Å²) in [5.41, 5.74) is 1.57. The van der Waals surface area contributed by atoms with Gasteiger partial charge in [0.1, 0.15) is 6.10 Å². The van der Waals surface area contributed by atoms with Crippen molar-refractivity contribution in [2.45, 2.75) is 112 Å². The monoisotopic (exact) mass is 444 g/mol. The number of hydrogen-bond donors (Lipinski definition) is 1. The van der Waals surface area contributed by atoms with Crippen molar-refractivity contribution in [2.24, 2.45) is 50.7 Å². The Hall–Kier alpha value is -1.06. The van der Waals surface area contributed by atoms with E-state index in [4.69, 9.17) is 4.74 Å². The van der Waals surface area contributed by atoms with Gasteiger partial charge in [-0.25, -0.2) is 0 Å². The minimum atomic E-state index is -0.643. The van der Waals surface area contributed by atoms with E-state index in [1.54, 1.807) is 6.92 Å². The van der Waals surface area contributed by atoms with Crippen molar-refractivity contribution in [3.8, 4) is 0 Å². The van der Waals surface area contributed by atoms with Crippen molar-refractivity contribution >= 4 is 11.9 Å². The number of carbonyl (C=O) groups is 2. The van der Waals surface area contributed by atoms with Gasteiger partial charge >= 0.3 is 11.9 Å². The summed E-state index contributed by atoms with van der Waals surface area (Å²) in [7, 11) is 0. The van der Waals surface area contributed by atoms with Gasteiger partial charge in [0.2, 0.25) is 0 Å². The van der Waals surface area contributed by atoms with Crippen LogP contribution in [0.3, 0.4) is 0 Å². The van der Waals surface area contributed by atoms with Gasteiger partial charge in [-0.1, -0.05) is 34.6 Å². The van der Waals surface area contributed by atoms with Crippen LogP contribution in [0.25, 0.3) is 0 Å². The lowest BCUT2D eigenvalue weighted by molar-refractivity contribution is -0.181. The second-order valence-corrected chi connectivity index (χ2v) is 13.7. The fourth-order valence-electron chi connectivity index (χ4n) is 11.1. The van der Waals surface area contributed by atoms with Gasteiger partial charge in [-0.3, -0.25) is 9.59 Å². The molecule has 32 heavy (non-hydrogen) atoms. The smallest absolute Gasteiger partial charge is 0.303 e. The lowest BCUT2D eigenvalue weighted by Crippen LogP contribution is -2.58. The van der Waals surface area contributed by atoms with E-state index in [2.05, 4.69) is 34.6 Å². The average molecular weight is 445 g/mol. The van der Waals surface area contributed by atoms with Crippen LogP contribution in [0.2, 0.25) is 0 Å². The van der Waals surface area contributed by atoms with E-state index in [9.17, 15) is 14.7 Å². The highest BCUT2D eigenvalue weighted by Crippen LogP contribution is 2.89. The number of ether oxygens (including phenoxy) is 1. The van der Waals surface area contributed by atoms with E-state index in [0.717, 1.165) is 12.3 Å². The van der Waals surface area contributed by atoms with Gasteiger partial charge < -0.3 is 9.84 Å². The first-order valence-electron chi connectivity index (χ1n) is 13.2. The molecule has 0 radical (unpaired) electrons. The summed E-state index contributed by atoms with van der Waals surface area (Å²) in [5, 5.41) is 9.45. The van der Waals surface area contributed by atoms with E-state index < -0.39 is 5.97 Å². The Kier molecular flexibility index (Phi) is 4.79. The zero-order valence-electron chi connectivity index (χ0n) is 21.1. The van der Waals surface area contributed by atoms with Crippen LogP contribution in [0.15, 0.2) is 0 Å². The number of carboxylic acid groups (broad SMARTS) is 1. The second-order valence-electron chi connectivity index (χ2n) is 13.7. The van der Waals surface area contributed by atoms with Crippen LogP contribution < -0.4 is 0 Å². The Morgan fingerprint density at radius 1 is 0.906 bits per heavy atom. The van der Waals surface area contributed by atoms with E-state index in [1.807, 2.05) is 0 Å². The van der Waals surface area contributed by atoms with E-state index in [0.29, 0.717) is 34.5 Å². The highest BCUT2D eigenvalue weighted by Gasteiger charge is 2.82. The molecule has 4 nitrogen and oxygen atoms in total. The molecule has 0 heterocycles. The fraction of sp³-hybridized carbons (Fsp3) is 0.929. The fourth-order valence-corrected chi connectivity index (χ4v) is 11.1. The first-order valence-corrected chi connectivity index (χ1v) is 13.2. The average Bonchev–Trinajstić information content (AvgIpc) is 3.26. The molecule has 2 spiro atoms. The maximum absolute atomic E-state index is 11.8. The molecule has 0 aromatic rings. The molecule has 1 N–H and O–H groups in total. The van der Waals surface area contributed by atoms with Crippen LogP contribution in [0, 0.1) is 50.7 Å². The van der Waals surface area contributed by atoms with E-state index in [-0.39, 0.29) is 28.8 Å². The number of fused-ring (bicyclic) bond motifs is 2. The summed E-state index contributed by atoms with van der Waals surface area (Å²) in [6, 6.07) is 0. The molecule has 0 aliphatic heterocycles. The molecule has 5 saturated carbocycles. The molecule has 5 aliphatic rings. The summed E-state index contributed by atoms with van der Waals surface area (Å²) < 4.78 is 5.84. The van der Waals surface area contributed by atoms with Crippen LogP contribution >= 0.6 is 0 Å². The summed E-state index contributed by atoms with van der Waals surface area (Å²) in [6.45, 7) is 13.6. The van der Waals surface area contributed by atoms with Crippen molar-refractivity contribution in [3.05, 3.63) is 0 Å². The largest absolute Gasteiger partial charge is 0.481 e. The van der Waals surface area contributed by atoms with Crippen molar-refractivity contribution in [3.63, 3.8) is 0 Å². The number of aliphatic carboxylic acids is 1. The predicted octanol–water partition coefficient (Wildman–Crippen LogP) is 6.47. The Labute approximate surface area is 194 Å². The highest BCUT2D eigenvalue weighted by atomic mass is 16.5. The Bertz CT molecular complexity index is 833. The Balaban J connectivity index is 1.44. The molecule has 5 rings (SSSR count). The minimum Gasteiger partial charge on any atom is -0.481 e. The minimum absolute atomic E-state index is 0.0499. The van der Waals surface area contributed by atoms with Gasteiger partial charge in [0, 0.05) is 18.8 Å². The summed E-state index contributed by atoms with van der Waals surface area (Å²) >= 11 is 0. The molecule has 0 saturated heterocycles. The molecular weight excluding hydrogens is 400 g/mol. The van der Waals surface area contributed by atoms with Crippen LogP contribution in [-0.4, -0.2) is 23.1 Å². The molecule has 180 valence electrons. The van der Waals surface area contributed by atoms with E-state index >= 15 is 0 Å². The molecule has 0 aromatic carbocycles. The quantitative estimate of drug-likeness (QED) is 0.505. The van der Waals surface area contributed by atoms with Gasteiger partial charge in [0.15, 0.2) is 0 Å². The molecule has 0 bridgehead atoms. The SMILES string of the molecule is CC(=O)O[C@H]1CC[C@]23C[C@]24CC[C@]2(C)[C@@H]([C@H](C)CC(=O)O)CC[C@@]2(C)C4CCC3C1(C)C. The maximum Gasteiger partial charge on any atom is 0.303 e. The molecule has 0 amide bonds. The van der Waals surface area contributed by atoms with Gasteiger partial charge in [0.05, 0.1) is 0 Å². The maximum atomic E-state index is 11.8. The highest BCUT2D eigenvalue weighted by molar-refractivity contribution is 5.67. The van der Waals surface area contributed by atoms with Crippen molar-refractivity contribution < 1.29 is 19.4 Å². The first kappa shape index (κ1) is 22.7. The molecule has 0 aromatic heterocycles. The number of rotatable bonds is 4. The van der Waals surface area contributed by atoms with Gasteiger partial charge in [-0.2, -0.15) is 0 Å². The first-order chi connectivity index (χ1) is 14.8. The summed E-state index contributed by atoms with van der Waals surface area (Å²) in [4.78, 5) is 23.2. The van der Waals surface area contributed by atoms with Crippen molar-refractivity contribution in [2.75, 3.05) is 0 Å². The molecular formula is C28H44O4. The molecule has 2 unspecified atom stereocenters. The third kappa shape index (κ3) is 2.62. The van der Waals surface area contributed by atoms with Gasteiger partial charge in [0.25, 0.3) is 0 Å². The topological polar surface area (TPSA) is 63.6 Å². The van der Waals surface area contributed by atoms with Crippen molar-refractivity contribution in [1.82, 2.24) is 0 Å². The zero-order chi connectivity index (χ0) is 23.3. The van der Waals surface area contributed by atoms with Gasteiger partial charge in [-0.15, -0.1) is 0 Å². The number of esters is 1. The van der Waals surface area contributed by atoms with Crippen molar-refractivity contribution in [1.29, 1.82) is 0 Å². The molecule has 5 aliphatic carbocycles. The number of hydrogen-bond acceptors (Lipinski definition) is 3. The lowest BCUT2D eigenvalue weighted by atomic mass is 9.41. The number of carbonyl (C=O) groups excluding carboxylic acids is 1. The van der Waals surface area contributed by atoms with Crippen LogP contribution in [0.1, 0.15) is 106 Å². The standard InChI is InChI=1S/C28H44O4/c1-17(15-23(30)31)19-9-11-26(6)21-8-7-20-24(3,4)22(32-18(2)29)10-12-27(20)16-28(21,27)14-13-25(19,26)5/h17,19-22H,7-16H2,1-6H3,(H,30,31)/t17-,19-,20?,21?,22+,25-,26+,27-,28+/m1/s1. The summed E-state index contributed by atoms with van der Waals surface area (Å²) in [6.07, 6.45) is 11.6. The zero-order valence-corrected chi connectivity index (χ0v) is 21.1. The third-order valence-corrected chi connectivity index (χ3v) is 12.6. The summed E-state index contributed by atoms with van der Waals surface area (Å²) in [5.74, 6) is 1.44. The van der Waals surface area contributed by atoms with Crippen LogP contribution in [-0.2, 0) is 14.3 Å². The Morgan fingerprint density at radius 3 is 2.22 bits per heavy atom.